The molecule has 0 radical (unpaired) electrons. The standard InChI is InChI=1S/C48H51N5O7/c1-2-40(31-3-10-37(54)11-4-31)45(32-5-12-38(55)13-6-32)33-7-14-39(15-8-33)60-24-23-50-21-19-30(20-22-50)27-52-35-25-36(52)29-51(28-35)34-9-16-41-42(26-34)48(59)53(47(41)58)43-17-18-44(56)49-46(43)57/h3-16,26,30,35-36,43,54-55H,2,17-25,27-29H2,1H3,(H,49,56,57). The number of nitrogens with one attached hydrogen (secondary N) is 1. The molecule has 4 aromatic carbocycles. The second-order valence-corrected chi connectivity index (χ2v) is 16.8. The van der Waals surface area contributed by atoms with Crippen molar-refractivity contribution in [2.24, 2.45) is 5.92 Å². The van der Waals surface area contributed by atoms with Crippen LogP contribution in [0.5, 0.6) is 17.2 Å². The van der Waals surface area contributed by atoms with Gasteiger partial charge in [-0.2, -0.15) is 0 Å². The van der Waals surface area contributed by atoms with E-state index >= 15 is 0 Å². The number of anilines is 1. The van der Waals surface area contributed by atoms with Gasteiger partial charge in [0.2, 0.25) is 11.8 Å². The van der Waals surface area contributed by atoms with Crippen LogP contribution in [0, 0.1) is 5.92 Å². The van der Waals surface area contributed by atoms with Crippen molar-refractivity contribution in [1.29, 1.82) is 0 Å². The molecule has 5 fully saturated rings. The molecular formula is C48H51N5O7. The number of ether oxygens (including phenoxy) is 1. The van der Waals surface area contributed by atoms with Gasteiger partial charge in [-0.1, -0.05) is 43.3 Å². The number of piperidine rings is 3. The van der Waals surface area contributed by atoms with Gasteiger partial charge in [0, 0.05) is 50.4 Å². The number of hydrogen-bond donors (Lipinski definition) is 3. The normalized spacial score (nSPS) is 22.6. The van der Waals surface area contributed by atoms with Gasteiger partial charge in [0.15, 0.2) is 0 Å². The minimum Gasteiger partial charge on any atom is -0.508 e. The lowest BCUT2D eigenvalue weighted by molar-refractivity contribution is -0.136. The number of piperazine rings is 1. The number of phenolic OH excluding ortho intramolecular Hbond substituents is 2. The number of hydrogen-bond acceptors (Lipinski definition) is 10. The van der Waals surface area contributed by atoms with Crippen molar-refractivity contribution in [2.45, 2.75) is 63.6 Å². The number of likely N-dealkylation sites (tertiary alicyclic amines) is 1. The lowest BCUT2D eigenvalue weighted by Gasteiger charge is -2.58. The summed E-state index contributed by atoms with van der Waals surface area (Å²) in [6, 6.07) is 28.2. The molecule has 10 rings (SSSR count). The second kappa shape index (κ2) is 16.6. The smallest absolute Gasteiger partial charge is 0.262 e. The van der Waals surface area contributed by atoms with Gasteiger partial charge in [-0.3, -0.25) is 39.2 Å². The van der Waals surface area contributed by atoms with Crippen LogP contribution in [0.1, 0.15) is 82.9 Å². The van der Waals surface area contributed by atoms with Gasteiger partial charge < -0.3 is 19.8 Å². The van der Waals surface area contributed by atoms with Crippen molar-refractivity contribution in [3.05, 3.63) is 119 Å². The zero-order valence-electron chi connectivity index (χ0n) is 33.9. The summed E-state index contributed by atoms with van der Waals surface area (Å²) in [7, 11) is 0. The summed E-state index contributed by atoms with van der Waals surface area (Å²) in [6.07, 6.45) is 4.52. The molecule has 12 nitrogen and oxygen atoms in total. The number of phenols is 2. The van der Waals surface area contributed by atoms with Crippen LogP contribution in [0.4, 0.5) is 5.69 Å². The third kappa shape index (κ3) is 7.77. The molecule has 0 aliphatic carbocycles. The molecule has 6 aliphatic heterocycles. The van der Waals surface area contributed by atoms with E-state index in [1.807, 2.05) is 42.5 Å². The Kier molecular flexibility index (Phi) is 10.9. The predicted octanol–water partition coefficient (Wildman–Crippen LogP) is 5.92. The monoisotopic (exact) mass is 809 g/mol. The van der Waals surface area contributed by atoms with Crippen molar-refractivity contribution in [2.75, 3.05) is 50.8 Å². The minimum atomic E-state index is -0.964. The Hall–Kier alpha value is -5.98. The number of allylic oxidation sites excluding steroid dienone is 1. The van der Waals surface area contributed by atoms with Crippen molar-refractivity contribution >= 4 is 40.5 Å². The molecule has 6 heterocycles. The van der Waals surface area contributed by atoms with Gasteiger partial charge in [-0.25, -0.2) is 0 Å². The molecule has 12 heteroatoms. The highest BCUT2D eigenvalue weighted by Gasteiger charge is 2.47. The molecule has 3 atom stereocenters. The summed E-state index contributed by atoms with van der Waals surface area (Å²) >= 11 is 0. The minimum absolute atomic E-state index is 0.0998. The van der Waals surface area contributed by atoms with E-state index in [0.29, 0.717) is 35.7 Å². The topological polar surface area (TPSA) is 143 Å². The number of nitrogens with zero attached hydrogens (tertiary/aromatic N) is 4. The summed E-state index contributed by atoms with van der Waals surface area (Å²) in [4.78, 5) is 59.3. The maximum atomic E-state index is 13.4. The quantitative estimate of drug-likeness (QED) is 0.117. The molecule has 4 amide bonds. The molecule has 6 aliphatic rings. The Morgan fingerprint density at radius 1 is 0.750 bits per heavy atom. The molecule has 0 spiro atoms. The first kappa shape index (κ1) is 39.5. The van der Waals surface area contributed by atoms with Gasteiger partial charge >= 0.3 is 0 Å². The first-order valence-corrected chi connectivity index (χ1v) is 21.3. The van der Waals surface area contributed by atoms with Crippen LogP contribution < -0.4 is 15.0 Å². The van der Waals surface area contributed by atoms with Crippen LogP contribution in [-0.2, 0) is 9.59 Å². The molecule has 310 valence electrons. The van der Waals surface area contributed by atoms with Crippen LogP contribution in [0.15, 0.2) is 91.0 Å². The first-order chi connectivity index (χ1) is 29.1. The van der Waals surface area contributed by atoms with Gasteiger partial charge in [-0.05, 0) is 134 Å². The highest BCUT2D eigenvalue weighted by molar-refractivity contribution is 6.23. The average Bonchev–Trinajstić information content (AvgIpc) is 3.51. The van der Waals surface area contributed by atoms with E-state index in [-0.39, 0.29) is 30.2 Å². The van der Waals surface area contributed by atoms with E-state index in [1.165, 1.54) is 6.42 Å². The molecule has 3 N–H and O–H groups in total. The fourth-order valence-electron chi connectivity index (χ4n) is 9.88. The van der Waals surface area contributed by atoms with Crippen molar-refractivity contribution < 1.29 is 34.1 Å². The van der Waals surface area contributed by atoms with Crippen molar-refractivity contribution in [3.8, 4) is 17.2 Å². The van der Waals surface area contributed by atoms with Gasteiger partial charge in [0.05, 0.1) is 11.1 Å². The van der Waals surface area contributed by atoms with Gasteiger partial charge in [0.25, 0.3) is 11.8 Å². The molecule has 2 bridgehead atoms. The maximum Gasteiger partial charge on any atom is 0.262 e. The molecule has 0 aromatic heterocycles. The number of carbonyl (C=O) groups excluding carboxylic acids is 4. The fourth-order valence-corrected chi connectivity index (χ4v) is 9.88. The highest BCUT2D eigenvalue weighted by atomic mass is 16.5. The van der Waals surface area contributed by atoms with Crippen LogP contribution in [0.3, 0.4) is 0 Å². The number of amides is 4. The SMILES string of the molecule is CCC(=C(c1ccc(O)cc1)c1ccc(OCCN2CCC(CN3C4CC3CN(c3ccc5c(c3)C(=O)N(C3CCC(=O)NC3=O)C5=O)C4)CC2)cc1)c1ccc(O)cc1. The van der Waals surface area contributed by atoms with E-state index in [1.54, 1.807) is 36.4 Å². The second-order valence-electron chi connectivity index (χ2n) is 16.8. The van der Waals surface area contributed by atoms with E-state index in [0.717, 1.165) is 103 Å². The van der Waals surface area contributed by atoms with Crippen LogP contribution in [-0.4, -0.2) is 113 Å². The zero-order valence-corrected chi connectivity index (χ0v) is 33.9. The average molecular weight is 810 g/mol. The molecule has 3 unspecified atom stereocenters. The van der Waals surface area contributed by atoms with E-state index < -0.39 is 23.8 Å². The molecule has 60 heavy (non-hydrogen) atoms. The van der Waals surface area contributed by atoms with Crippen molar-refractivity contribution in [3.63, 3.8) is 0 Å². The maximum absolute atomic E-state index is 13.4. The zero-order chi connectivity index (χ0) is 41.5. The summed E-state index contributed by atoms with van der Waals surface area (Å²) in [6.45, 7) is 8.57. The summed E-state index contributed by atoms with van der Waals surface area (Å²) in [5, 5.41) is 22.1. The first-order valence-electron chi connectivity index (χ1n) is 21.3. The summed E-state index contributed by atoms with van der Waals surface area (Å²) in [5.74, 6) is 0.00885. The Balaban J connectivity index is 0.747. The Morgan fingerprint density at radius 3 is 2.00 bits per heavy atom. The summed E-state index contributed by atoms with van der Waals surface area (Å²) < 4.78 is 6.24. The molecule has 0 saturated carbocycles. The number of benzene rings is 4. The third-order valence-electron chi connectivity index (χ3n) is 13.2. The number of carbonyl (C=O) groups is 4. The van der Waals surface area contributed by atoms with E-state index in [2.05, 4.69) is 39.1 Å². The number of fused-ring (bicyclic) bond motifs is 3. The Bertz CT molecular complexity index is 2310. The number of aromatic hydroxyl groups is 2. The Morgan fingerprint density at radius 2 is 1.37 bits per heavy atom. The number of imide groups is 2. The lowest BCUT2D eigenvalue weighted by atomic mass is 9.84. The highest BCUT2D eigenvalue weighted by Crippen LogP contribution is 2.39. The van der Waals surface area contributed by atoms with Gasteiger partial charge in [0.1, 0.15) is 29.9 Å². The molecule has 5 saturated heterocycles. The van der Waals surface area contributed by atoms with Crippen LogP contribution in [0.2, 0.25) is 0 Å². The van der Waals surface area contributed by atoms with Crippen molar-refractivity contribution in [1.82, 2.24) is 20.0 Å². The third-order valence-corrected chi connectivity index (χ3v) is 13.2. The Labute approximate surface area is 350 Å². The molecular weight excluding hydrogens is 759 g/mol. The summed E-state index contributed by atoms with van der Waals surface area (Å²) in [5.41, 5.74) is 6.89. The lowest BCUT2D eigenvalue weighted by Crippen LogP contribution is -2.69. The predicted molar refractivity (Wildman–Crippen MR) is 228 cm³/mol. The van der Waals surface area contributed by atoms with Gasteiger partial charge in [-0.15, -0.1) is 0 Å². The van der Waals surface area contributed by atoms with E-state index in [9.17, 15) is 29.4 Å². The van der Waals surface area contributed by atoms with Crippen LogP contribution >= 0.6 is 0 Å². The largest absolute Gasteiger partial charge is 0.508 e. The van der Waals surface area contributed by atoms with E-state index in [4.69, 9.17) is 4.74 Å². The van der Waals surface area contributed by atoms with Crippen LogP contribution in [0.25, 0.3) is 11.1 Å². The fraction of sp³-hybridized carbons (Fsp3) is 0.375. The molecule has 4 aromatic rings. The number of rotatable bonds is 12.